The minimum atomic E-state index is -0.537. The molecule has 0 unspecified atom stereocenters. The molecular formula is C20H23ClN4O2. The van der Waals surface area contributed by atoms with Gasteiger partial charge >= 0.3 is 0 Å². The summed E-state index contributed by atoms with van der Waals surface area (Å²) in [6.45, 7) is 2.37. The predicted molar refractivity (Wildman–Crippen MR) is 103 cm³/mol. The van der Waals surface area contributed by atoms with E-state index in [1.807, 2.05) is 59.1 Å². The first-order valence-corrected chi connectivity index (χ1v) is 9.56. The Morgan fingerprint density at radius 1 is 1.19 bits per heavy atom. The van der Waals surface area contributed by atoms with Crippen molar-refractivity contribution in [3.05, 3.63) is 58.9 Å². The van der Waals surface area contributed by atoms with Crippen molar-refractivity contribution in [1.29, 1.82) is 0 Å². The molecular weight excluding hydrogens is 364 g/mol. The molecule has 0 aliphatic carbocycles. The third-order valence-corrected chi connectivity index (χ3v) is 6.04. The van der Waals surface area contributed by atoms with Gasteiger partial charge in [0.15, 0.2) is 0 Å². The molecule has 1 N–H and O–H groups in total. The summed E-state index contributed by atoms with van der Waals surface area (Å²) in [5, 5.41) is 3.70. The van der Waals surface area contributed by atoms with E-state index in [1.54, 1.807) is 0 Å². The van der Waals surface area contributed by atoms with Crippen molar-refractivity contribution in [3.8, 4) is 0 Å². The van der Waals surface area contributed by atoms with Crippen LogP contribution < -0.4 is 5.32 Å². The van der Waals surface area contributed by atoms with Gasteiger partial charge < -0.3 is 14.8 Å². The molecule has 0 atom stereocenters. The second-order valence-electron chi connectivity index (χ2n) is 7.32. The molecule has 0 bridgehead atoms. The first kappa shape index (κ1) is 18.1. The second-order valence-corrected chi connectivity index (χ2v) is 7.75. The van der Waals surface area contributed by atoms with Gasteiger partial charge in [-0.05, 0) is 42.7 Å². The number of carbonyl (C=O) groups is 2. The highest BCUT2D eigenvalue weighted by atomic mass is 35.5. The van der Waals surface area contributed by atoms with Gasteiger partial charge in [0, 0.05) is 37.9 Å². The monoisotopic (exact) mass is 386 g/mol. The van der Waals surface area contributed by atoms with Crippen molar-refractivity contribution in [2.45, 2.75) is 24.9 Å². The fourth-order valence-electron chi connectivity index (χ4n) is 4.11. The minimum absolute atomic E-state index is 0.0278. The van der Waals surface area contributed by atoms with Gasteiger partial charge in [-0.1, -0.05) is 23.7 Å². The van der Waals surface area contributed by atoms with Gasteiger partial charge in [0.1, 0.15) is 11.2 Å². The summed E-state index contributed by atoms with van der Waals surface area (Å²) in [5.41, 5.74) is 1.27. The van der Waals surface area contributed by atoms with Crippen LogP contribution in [0, 0.1) is 0 Å². The molecule has 2 aliphatic rings. The average molecular weight is 387 g/mol. The number of aromatic nitrogens is 1. The van der Waals surface area contributed by atoms with Crippen LogP contribution in [0.15, 0.2) is 42.6 Å². The number of benzene rings is 1. The van der Waals surface area contributed by atoms with Crippen LogP contribution in [0.3, 0.4) is 0 Å². The van der Waals surface area contributed by atoms with Crippen molar-refractivity contribution in [1.82, 2.24) is 19.7 Å². The quantitative estimate of drug-likeness (QED) is 0.880. The van der Waals surface area contributed by atoms with E-state index in [1.165, 1.54) is 0 Å². The predicted octanol–water partition coefficient (Wildman–Crippen LogP) is 2.24. The maximum atomic E-state index is 12.7. The van der Waals surface area contributed by atoms with Gasteiger partial charge in [-0.15, -0.1) is 0 Å². The van der Waals surface area contributed by atoms with Crippen LogP contribution in [-0.4, -0.2) is 51.5 Å². The number of hydrogen-bond donors (Lipinski definition) is 1. The van der Waals surface area contributed by atoms with Crippen molar-refractivity contribution < 1.29 is 9.59 Å². The Morgan fingerprint density at radius 2 is 1.89 bits per heavy atom. The highest BCUT2D eigenvalue weighted by molar-refractivity contribution is 6.30. The van der Waals surface area contributed by atoms with Gasteiger partial charge in [-0.2, -0.15) is 0 Å². The number of aryl methyl sites for hydroxylation is 1. The third-order valence-electron chi connectivity index (χ3n) is 5.79. The molecule has 1 aromatic heterocycles. The van der Waals surface area contributed by atoms with Crippen molar-refractivity contribution >= 4 is 23.4 Å². The summed E-state index contributed by atoms with van der Waals surface area (Å²) in [7, 11) is 1.87. The molecule has 1 aromatic carbocycles. The fourth-order valence-corrected chi connectivity index (χ4v) is 4.24. The van der Waals surface area contributed by atoms with E-state index in [0.717, 1.165) is 5.56 Å². The molecule has 27 heavy (non-hydrogen) atoms. The maximum Gasteiger partial charge on any atom is 0.270 e. The number of carbonyl (C=O) groups excluding carboxylic acids is 2. The highest BCUT2D eigenvalue weighted by Crippen LogP contribution is 2.34. The normalized spacial score (nSPS) is 19.5. The number of rotatable bonds is 3. The number of hydrogen-bond acceptors (Lipinski definition) is 3. The van der Waals surface area contributed by atoms with E-state index < -0.39 is 5.54 Å². The van der Waals surface area contributed by atoms with Crippen LogP contribution in [0.2, 0.25) is 5.02 Å². The Kier molecular flexibility index (Phi) is 4.70. The average Bonchev–Trinajstić information content (AvgIpc) is 3.23. The zero-order chi connectivity index (χ0) is 19.0. The van der Waals surface area contributed by atoms with Crippen molar-refractivity contribution in [3.63, 3.8) is 0 Å². The summed E-state index contributed by atoms with van der Waals surface area (Å²) in [6, 6.07) is 11.4. The zero-order valence-electron chi connectivity index (χ0n) is 15.3. The molecule has 2 saturated heterocycles. The second kappa shape index (κ2) is 7.02. The summed E-state index contributed by atoms with van der Waals surface area (Å²) >= 11 is 5.97. The minimum Gasteiger partial charge on any atom is -0.347 e. The molecule has 2 fully saturated rings. The first-order chi connectivity index (χ1) is 13.0. The number of halogens is 1. The van der Waals surface area contributed by atoms with E-state index in [4.69, 9.17) is 11.6 Å². The van der Waals surface area contributed by atoms with E-state index in [2.05, 4.69) is 10.2 Å². The number of nitrogens with zero attached hydrogens (tertiary/aromatic N) is 3. The van der Waals surface area contributed by atoms with Crippen LogP contribution in [0.4, 0.5) is 0 Å². The Balaban J connectivity index is 1.47. The molecule has 3 heterocycles. The van der Waals surface area contributed by atoms with Gasteiger partial charge in [0.05, 0.1) is 6.67 Å². The van der Waals surface area contributed by atoms with Gasteiger partial charge in [0.2, 0.25) is 5.91 Å². The summed E-state index contributed by atoms with van der Waals surface area (Å²) in [5.74, 6) is 0.0995. The molecule has 0 saturated carbocycles. The molecule has 2 amide bonds. The van der Waals surface area contributed by atoms with E-state index in [9.17, 15) is 9.59 Å². The van der Waals surface area contributed by atoms with Crippen LogP contribution in [0.5, 0.6) is 0 Å². The summed E-state index contributed by atoms with van der Waals surface area (Å²) in [6.07, 6.45) is 3.15. The van der Waals surface area contributed by atoms with Gasteiger partial charge in [-0.25, -0.2) is 0 Å². The number of likely N-dealkylation sites (tertiary alicyclic amines) is 1. The lowest BCUT2D eigenvalue weighted by Crippen LogP contribution is -2.56. The Hall–Kier alpha value is -2.31. The van der Waals surface area contributed by atoms with E-state index in [-0.39, 0.29) is 11.8 Å². The Bertz CT molecular complexity index is 853. The molecule has 1 spiro atoms. The van der Waals surface area contributed by atoms with Crippen LogP contribution >= 0.6 is 11.6 Å². The Morgan fingerprint density at radius 3 is 2.52 bits per heavy atom. The topological polar surface area (TPSA) is 57.6 Å². The van der Waals surface area contributed by atoms with Crippen LogP contribution in [0.25, 0.3) is 0 Å². The molecule has 2 aromatic rings. The van der Waals surface area contributed by atoms with E-state index >= 15 is 0 Å². The maximum absolute atomic E-state index is 12.7. The lowest BCUT2D eigenvalue weighted by molar-refractivity contribution is -0.129. The smallest absolute Gasteiger partial charge is 0.270 e. The third kappa shape index (κ3) is 3.24. The largest absolute Gasteiger partial charge is 0.347 e. The lowest BCUT2D eigenvalue weighted by Gasteiger charge is -2.42. The summed E-state index contributed by atoms with van der Waals surface area (Å²) in [4.78, 5) is 29.5. The number of nitrogens with one attached hydrogen (secondary N) is 1. The molecule has 2 aliphatic heterocycles. The number of amides is 2. The SMILES string of the molecule is Cn1cccc1C(=O)N1CCC2(CC1)C(=O)NCN2Cc1ccc(Cl)cc1. The molecule has 142 valence electrons. The molecule has 6 nitrogen and oxygen atoms in total. The van der Waals surface area contributed by atoms with Crippen LogP contribution in [0.1, 0.15) is 28.9 Å². The highest BCUT2D eigenvalue weighted by Gasteiger charge is 2.50. The molecule has 7 heteroatoms. The lowest BCUT2D eigenvalue weighted by atomic mass is 9.85. The first-order valence-electron chi connectivity index (χ1n) is 9.18. The van der Waals surface area contributed by atoms with Crippen molar-refractivity contribution in [2.75, 3.05) is 19.8 Å². The summed E-state index contributed by atoms with van der Waals surface area (Å²) < 4.78 is 1.84. The van der Waals surface area contributed by atoms with Gasteiger partial charge in [0.25, 0.3) is 5.91 Å². The number of piperidine rings is 1. The Labute approximate surface area is 163 Å². The van der Waals surface area contributed by atoms with Gasteiger partial charge in [-0.3, -0.25) is 14.5 Å². The van der Waals surface area contributed by atoms with Crippen molar-refractivity contribution in [2.24, 2.45) is 7.05 Å². The van der Waals surface area contributed by atoms with Crippen LogP contribution in [-0.2, 0) is 18.4 Å². The van der Waals surface area contributed by atoms with E-state index in [0.29, 0.717) is 49.9 Å². The molecule has 4 rings (SSSR count). The fraction of sp³-hybridized carbons (Fsp3) is 0.400. The standard InChI is InChI=1S/C20H23ClN4O2/c1-23-10-2-3-17(23)18(26)24-11-8-20(9-12-24)19(27)22-14-25(20)13-15-4-6-16(21)7-5-15/h2-7,10H,8-9,11-14H2,1H3,(H,22,27). The molecule has 0 radical (unpaired) electrons. The zero-order valence-corrected chi connectivity index (χ0v) is 16.1.